The predicted molar refractivity (Wildman–Crippen MR) is 92.7 cm³/mol. The third-order valence-corrected chi connectivity index (χ3v) is 6.10. The summed E-state index contributed by atoms with van der Waals surface area (Å²) in [5, 5.41) is 12.0. The Kier molecular flexibility index (Phi) is 4.32. The number of benzene rings is 2. The molecule has 0 saturated carbocycles. The van der Waals surface area contributed by atoms with E-state index in [4.69, 9.17) is 4.42 Å². The van der Waals surface area contributed by atoms with Gasteiger partial charge in [-0.15, -0.1) is 0 Å². The van der Waals surface area contributed by atoms with Gasteiger partial charge in [0.15, 0.2) is 4.90 Å². The average Bonchev–Trinajstić information content (AvgIpc) is 3.04. The number of rotatable bonds is 5. The molecule has 7 nitrogen and oxygen atoms in total. The van der Waals surface area contributed by atoms with Crippen LogP contribution in [0.25, 0.3) is 11.0 Å². The van der Waals surface area contributed by atoms with Crippen LogP contribution in [0.5, 0.6) is 0 Å². The molecule has 0 amide bonds. The normalized spacial score (nSPS) is 13.2. The van der Waals surface area contributed by atoms with E-state index < -0.39 is 26.7 Å². The highest BCUT2D eigenvalue weighted by atomic mass is 32.2. The molecular formula is C17H16N2O5S. The van der Waals surface area contributed by atoms with Crippen LogP contribution in [-0.2, 0) is 10.0 Å². The van der Waals surface area contributed by atoms with Crippen molar-refractivity contribution in [2.24, 2.45) is 0 Å². The molecule has 0 aliphatic heterocycles. The minimum Gasteiger partial charge on any atom is -0.459 e. The van der Waals surface area contributed by atoms with Gasteiger partial charge in [0, 0.05) is 18.5 Å². The quantitative estimate of drug-likeness (QED) is 0.510. The van der Waals surface area contributed by atoms with Gasteiger partial charge in [-0.1, -0.05) is 30.3 Å². The smallest absolute Gasteiger partial charge is 0.289 e. The highest BCUT2D eigenvalue weighted by Crippen LogP contribution is 2.32. The van der Waals surface area contributed by atoms with Crippen molar-refractivity contribution in [1.82, 2.24) is 4.31 Å². The zero-order valence-corrected chi connectivity index (χ0v) is 14.4. The van der Waals surface area contributed by atoms with E-state index >= 15 is 0 Å². The van der Waals surface area contributed by atoms with Gasteiger partial charge in [0.2, 0.25) is 10.0 Å². The van der Waals surface area contributed by atoms with E-state index in [9.17, 15) is 18.5 Å². The van der Waals surface area contributed by atoms with Crippen LogP contribution < -0.4 is 0 Å². The lowest BCUT2D eigenvalue weighted by Gasteiger charge is -2.22. The molecule has 1 atom stereocenters. The van der Waals surface area contributed by atoms with Gasteiger partial charge in [0.05, 0.1) is 11.0 Å². The van der Waals surface area contributed by atoms with Gasteiger partial charge in [-0.05, 0) is 25.1 Å². The van der Waals surface area contributed by atoms with Crippen molar-refractivity contribution < 1.29 is 17.8 Å². The van der Waals surface area contributed by atoms with Crippen molar-refractivity contribution >= 4 is 26.7 Å². The lowest BCUT2D eigenvalue weighted by atomic mass is 10.2. The lowest BCUT2D eigenvalue weighted by molar-refractivity contribution is -0.387. The number of fused-ring (bicyclic) bond motifs is 1. The molecule has 0 bridgehead atoms. The standard InChI is InChI=1S/C17H16N2O5S/c1-12(16-11-13-7-3-5-9-15(13)24-16)18(2)25(22,23)17-10-6-4-8-14(17)19(20)21/h3-12H,1-2H3/t12-/m1/s1. The SMILES string of the molecule is C[C@H](c1cc2ccccc2o1)N(C)S(=O)(=O)c1ccccc1[N+](=O)[O-]. The first-order chi connectivity index (χ1) is 11.8. The fraction of sp³-hybridized carbons (Fsp3) is 0.176. The highest BCUT2D eigenvalue weighted by Gasteiger charge is 2.33. The molecule has 0 unspecified atom stereocenters. The molecule has 25 heavy (non-hydrogen) atoms. The number of nitro groups is 1. The van der Waals surface area contributed by atoms with Crippen LogP contribution in [0.2, 0.25) is 0 Å². The van der Waals surface area contributed by atoms with Crippen LogP contribution in [0.3, 0.4) is 0 Å². The van der Waals surface area contributed by atoms with Crippen LogP contribution in [0.15, 0.2) is 63.9 Å². The van der Waals surface area contributed by atoms with Gasteiger partial charge >= 0.3 is 0 Å². The van der Waals surface area contributed by atoms with E-state index in [0.29, 0.717) is 11.3 Å². The molecule has 2 aromatic carbocycles. The third-order valence-electron chi connectivity index (χ3n) is 4.12. The second-order valence-electron chi connectivity index (χ2n) is 5.61. The van der Waals surface area contributed by atoms with Crippen molar-refractivity contribution in [3.05, 3.63) is 70.5 Å². The van der Waals surface area contributed by atoms with Gasteiger partial charge in [-0.3, -0.25) is 10.1 Å². The molecule has 8 heteroatoms. The molecule has 0 fully saturated rings. The minimum absolute atomic E-state index is 0.342. The van der Waals surface area contributed by atoms with Crippen molar-refractivity contribution in [2.75, 3.05) is 7.05 Å². The molecule has 3 aromatic rings. The topological polar surface area (TPSA) is 93.7 Å². The summed E-state index contributed by atoms with van der Waals surface area (Å²) in [6, 6.07) is 13.8. The fourth-order valence-corrected chi connectivity index (χ4v) is 4.06. The molecule has 3 rings (SSSR count). The molecule has 0 radical (unpaired) electrons. The maximum absolute atomic E-state index is 12.9. The Balaban J connectivity index is 2.01. The van der Waals surface area contributed by atoms with Crippen molar-refractivity contribution in [3.8, 4) is 0 Å². The molecule has 0 spiro atoms. The Morgan fingerprint density at radius 2 is 1.76 bits per heavy atom. The minimum atomic E-state index is -4.07. The summed E-state index contributed by atoms with van der Waals surface area (Å²) in [6.45, 7) is 1.67. The highest BCUT2D eigenvalue weighted by molar-refractivity contribution is 7.89. The monoisotopic (exact) mass is 360 g/mol. The Hall–Kier alpha value is -2.71. The summed E-state index contributed by atoms with van der Waals surface area (Å²) >= 11 is 0. The fourth-order valence-electron chi connectivity index (χ4n) is 2.58. The van der Waals surface area contributed by atoms with E-state index in [1.807, 2.05) is 18.2 Å². The van der Waals surface area contributed by atoms with Crippen LogP contribution in [0, 0.1) is 10.1 Å². The summed E-state index contributed by atoms with van der Waals surface area (Å²) in [5.74, 6) is 0.464. The Bertz CT molecular complexity index is 1010. The van der Waals surface area contributed by atoms with Crippen molar-refractivity contribution in [3.63, 3.8) is 0 Å². The van der Waals surface area contributed by atoms with E-state index in [1.165, 1.54) is 31.3 Å². The molecule has 0 aliphatic rings. The number of furan rings is 1. The van der Waals surface area contributed by atoms with Crippen LogP contribution in [0.4, 0.5) is 5.69 Å². The zero-order chi connectivity index (χ0) is 18.2. The van der Waals surface area contributed by atoms with E-state index in [0.717, 1.165) is 9.69 Å². The summed E-state index contributed by atoms with van der Waals surface area (Å²) < 4.78 is 32.5. The molecule has 0 saturated heterocycles. The molecule has 130 valence electrons. The number of hydrogen-bond donors (Lipinski definition) is 0. The van der Waals surface area contributed by atoms with Crippen molar-refractivity contribution in [2.45, 2.75) is 17.9 Å². The number of sulfonamides is 1. The lowest BCUT2D eigenvalue weighted by Crippen LogP contribution is -2.30. The molecule has 1 aromatic heterocycles. The number of nitrogens with zero attached hydrogens (tertiary/aromatic N) is 2. The number of para-hydroxylation sites is 2. The predicted octanol–water partition coefficient (Wildman–Crippen LogP) is 3.72. The van der Waals surface area contributed by atoms with Crippen LogP contribution >= 0.6 is 0 Å². The first-order valence-electron chi connectivity index (χ1n) is 7.52. The van der Waals surface area contributed by atoms with Gasteiger partial charge < -0.3 is 4.42 Å². The van der Waals surface area contributed by atoms with Gasteiger partial charge in [-0.25, -0.2) is 8.42 Å². The largest absolute Gasteiger partial charge is 0.459 e. The zero-order valence-electron chi connectivity index (χ0n) is 13.6. The molecule has 1 heterocycles. The Morgan fingerprint density at radius 1 is 1.12 bits per heavy atom. The summed E-state index contributed by atoms with van der Waals surface area (Å²) in [4.78, 5) is 10.1. The molecule has 0 N–H and O–H groups in total. The van der Waals surface area contributed by atoms with Crippen molar-refractivity contribution in [1.29, 1.82) is 0 Å². The summed E-state index contributed by atoms with van der Waals surface area (Å²) in [6.07, 6.45) is 0. The number of hydrogen-bond acceptors (Lipinski definition) is 5. The molecular weight excluding hydrogens is 344 g/mol. The van der Waals surface area contributed by atoms with Gasteiger partial charge in [-0.2, -0.15) is 4.31 Å². The average molecular weight is 360 g/mol. The summed E-state index contributed by atoms with van der Waals surface area (Å²) in [5.41, 5.74) is 0.201. The van der Waals surface area contributed by atoms with E-state index in [2.05, 4.69) is 0 Å². The summed E-state index contributed by atoms with van der Waals surface area (Å²) in [7, 11) is -2.69. The first-order valence-corrected chi connectivity index (χ1v) is 8.96. The Labute approximate surface area is 144 Å². The van der Waals surface area contributed by atoms with Gasteiger partial charge in [0.1, 0.15) is 11.3 Å². The van der Waals surface area contributed by atoms with Crippen LogP contribution in [-0.4, -0.2) is 24.7 Å². The second kappa shape index (κ2) is 6.30. The first kappa shape index (κ1) is 17.1. The Morgan fingerprint density at radius 3 is 2.44 bits per heavy atom. The van der Waals surface area contributed by atoms with E-state index in [1.54, 1.807) is 19.1 Å². The van der Waals surface area contributed by atoms with Gasteiger partial charge in [0.25, 0.3) is 5.69 Å². The van der Waals surface area contributed by atoms with Crippen LogP contribution in [0.1, 0.15) is 18.7 Å². The second-order valence-corrected chi connectivity index (χ2v) is 7.57. The maximum Gasteiger partial charge on any atom is 0.289 e. The maximum atomic E-state index is 12.9. The third kappa shape index (κ3) is 3.01. The number of nitro benzene ring substituents is 1. The van der Waals surface area contributed by atoms with E-state index in [-0.39, 0.29) is 4.90 Å². The molecule has 0 aliphatic carbocycles.